The number of esters is 1. The minimum Gasteiger partial charge on any atom is -0.462 e. The molecule has 0 bridgehead atoms. The monoisotopic (exact) mass is 357 g/mol. The van der Waals surface area contributed by atoms with Gasteiger partial charge in [-0.1, -0.05) is 43.5 Å². The summed E-state index contributed by atoms with van der Waals surface area (Å²) in [5.74, 6) is -1.43. The molecule has 6 heteroatoms. The molecule has 4 rings (SSSR count). The SMILES string of the molecule is CCOC(=O)C1=CN(C2CCCCC2)[C@]2(O)c3ccccc3C(=O)[C@]12O. The van der Waals surface area contributed by atoms with Gasteiger partial charge in [0.25, 0.3) is 0 Å². The molecule has 1 fully saturated rings. The van der Waals surface area contributed by atoms with Crippen molar-refractivity contribution in [1.82, 2.24) is 4.90 Å². The van der Waals surface area contributed by atoms with Gasteiger partial charge in [0.2, 0.25) is 17.1 Å². The van der Waals surface area contributed by atoms with Crippen LogP contribution in [0.4, 0.5) is 0 Å². The van der Waals surface area contributed by atoms with Gasteiger partial charge in [0.1, 0.15) is 0 Å². The summed E-state index contributed by atoms with van der Waals surface area (Å²) in [6, 6.07) is 6.57. The number of aliphatic hydroxyl groups is 2. The van der Waals surface area contributed by atoms with E-state index in [1.165, 1.54) is 6.20 Å². The van der Waals surface area contributed by atoms with Crippen LogP contribution in [0.25, 0.3) is 0 Å². The van der Waals surface area contributed by atoms with Crippen LogP contribution in [0.15, 0.2) is 36.0 Å². The molecule has 1 aromatic rings. The van der Waals surface area contributed by atoms with E-state index in [0.29, 0.717) is 5.56 Å². The summed E-state index contributed by atoms with van der Waals surface area (Å²) in [5, 5.41) is 23.1. The van der Waals surface area contributed by atoms with Gasteiger partial charge >= 0.3 is 5.97 Å². The summed E-state index contributed by atoms with van der Waals surface area (Å²) in [7, 11) is 0. The largest absolute Gasteiger partial charge is 0.462 e. The van der Waals surface area contributed by atoms with E-state index in [2.05, 4.69) is 0 Å². The fourth-order valence-corrected chi connectivity index (χ4v) is 4.63. The number of rotatable bonds is 3. The molecule has 138 valence electrons. The van der Waals surface area contributed by atoms with Crippen molar-refractivity contribution in [2.24, 2.45) is 0 Å². The summed E-state index contributed by atoms with van der Waals surface area (Å²) in [6.45, 7) is 1.78. The van der Waals surface area contributed by atoms with Crippen molar-refractivity contribution in [2.75, 3.05) is 6.61 Å². The lowest BCUT2D eigenvalue weighted by Crippen LogP contribution is -2.59. The van der Waals surface area contributed by atoms with E-state index in [1.807, 2.05) is 0 Å². The first-order valence-corrected chi connectivity index (χ1v) is 9.23. The summed E-state index contributed by atoms with van der Waals surface area (Å²) in [6.07, 6.45) is 6.25. The van der Waals surface area contributed by atoms with E-state index in [9.17, 15) is 19.8 Å². The normalized spacial score (nSPS) is 30.8. The molecule has 1 heterocycles. The van der Waals surface area contributed by atoms with Gasteiger partial charge in [-0.3, -0.25) is 4.79 Å². The number of ether oxygens (including phenoxy) is 1. The highest BCUT2D eigenvalue weighted by Gasteiger charge is 2.72. The number of hydrogen-bond donors (Lipinski definition) is 2. The Labute approximate surface area is 152 Å². The smallest absolute Gasteiger partial charge is 0.339 e. The Morgan fingerprint density at radius 2 is 1.92 bits per heavy atom. The van der Waals surface area contributed by atoms with Crippen molar-refractivity contribution >= 4 is 11.8 Å². The third-order valence-electron chi connectivity index (χ3n) is 5.88. The molecule has 1 aliphatic heterocycles. The van der Waals surface area contributed by atoms with Gasteiger partial charge in [0.15, 0.2) is 0 Å². The predicted octanol–water partition coefficient (Wildman–Crippen LogP) is 1.85. The molecule has 6 nitrogen and oxygen atoms in total. The summed E-state index contributed by atoms with van der Waals surface area (Å²) >= 11 is 0. The Hall–Kier alpha value is -2.18. The molecule has 3 aliphatic rings. The first-order valence-electron chi connectivity index (χ1n) is 9.23. The van der Waals surface area contributed by atoms with Gasteiger partial charge in [-0.2, -0.15) is 0 Å². The van der Waals surface area contributed by atoms with Crippen LogP contribution in [0.2, 0.25) is 0 Å². The maximum Gasteiger partial charge on any atom is 0.339 e. The quantitative estimate of drug-likeness (QED) is 0.803. The predicted molar refractivity (Wildman–Crippen MR) is 93.0 cm³/mol. The van der Waals surface area contributed by atoms with E-state index in [4.69, 9.17) is 4.74 Å². The maximum absolute atomic E-state index is 13.1. The Kier molecular flexibility index (Phi) is 3.93. The van der Waals surface area contributed by atoms with Gasteiger partial charge in [-0.05, 0) is 19.8 Å². The van der Waals surface area contributed by atoms with E-state index in [1.54, 1.807) is 36.1 Å². The number of carbonyl (C=O) groups excluding carboxylic acids is 2. The molecule has 0 radical (unpaired) electrons. The molecule has 26 heavy (non-hydrogen) atoms. The van der Waals surface area contributed by atoms with Crippen molar-refractivity contribution in [1.29, 1.82) is 0 Å². The van der Waals surface area contributed by atoms with Gasteiger partial charge in [0, 0.05) is 23.4 Å². The molecular formula is C20H23NO5. The van der Waals surface area contributed by atoms with Gasteiger partial charge in [0.05, 0.1) is 12.2 Å². The van der Waals surface area contributed by atoms with Crippen LogP contribution in [-0.2, 0) is 15.3 Å². The fraction of sp³-hybridized carbons (Fsp3) is 0.500. The van der Waals surface area contributed by atoms with E-state index >= 15 is 0 Å². The molecule has 0 amide bonds. The number of nitrogens with zero attached hydrogens (tertiary/aromatic N) is 1. The standard InChI is InChI=1S/C20H23NO5/c1-2-26-18(23)16-12-21(13-8-4-3-5-9-13)20(25)15-11-7-6-10-14(15)17(22)19(16,20)24/h6-7,10-13,24-25H,2-5,8-9H2,1H3/t19-,20+/m1/s1. The Bertz CT molecular complexity index is 797. The van der Waals surface area contributed by atoms with Crippen molar-refractivity contribution < 1.29 is 24.5 Å². The maximum atomic E-state index is 13.1. The molecular weight excluding hydrogens is 334 g/mol. The molecule has 2 aliphatic carbocycles. The Balaban J connectivity index is 1.89. The zero-order valence-electron chi connectivity index (χ0n) is 14.8. The summed E-state index contributed by atoms with van der Waals surface area (Å²) < 4.78 is 5.07. The van der Waals surface area contributed by atoms with Crippen LogP contribution in [0.3, 0.4) is 0 Å². The van der Waals surface area contributed by atoms with Crippen LogP contribution in [-0.4, -0.2) is 45.1 Å². The highest BCUT2D eigenvalue weighted by Crippen LogP contribution is 2.55. The second-order valence-electron chi connectivity index (χ2n) is 7.22. The fourth-order valence-electron chi connectivity index (χ4n) is 4.63. The summed E-state index contributed by atoms with van der Waals surface area (Å²) in [4.78, 5) is 27.2. The number of carbonyl (C=O) groups is 2. The van der Waals surface area contributed by atoms with E-state index in [-0.39, 0.29) is 23.8 Å². The zero-order chi connectivity index (χ0) is 18.5. The van der Waals surface area contributed by atoms with Crippen LogP contribution in [0.5, 0.6) is 0 Å². The Morgan fingerprint density at radius 3 is 2.62 bits per heavy atom. The number of benzene rings is 1. The van der Waals surface area contributed by atoms with Crippen molar-refractivity contribution in [3.8, 4) is 0 Å². The number of fused-ring (bicyclic) bond motifs is 3. The van der Waals surface area contributed by atoms with Gasteiger partial charge in [-0.25, -0.2) is 4.79 Å². The molecule has 1 saturated carbocycles. The average Bonchev–Trinajstić information content (AvgIpc) is 3.00. The highest BCUT2D eigenvalue weighted by molar-refractivity contribution is 6.16. The van der Waals surface area contributed by atoms with Crippen molar-refractivity contribution in [3.05, 3.63) is 47.2 Å². The molecule has 1 aromatic carbocycles. The molecule has 0 aromatic heterocycles. The van der Waals surface area contributed by atoms with Crippen LogP contribution in [0, 0.1) is 0 Å². The number of Topliss-reactive ketones (excluding diaryl/α,β-unsaturated/α-hetero) is 1. The molecule has 0 spiro atoms. The lowest BCUT2D eigenvalue weighted by molar-refractivity contribution is -0.185. The molecule has 2 N–H and O–H groups in total. The van der Waals surface area contributed by atoms with Crippen molar-refractivity contribution in [2.45, 2.75) is 56.4 Å². The molecule has 2 atom stereocenters. The first kappa shape index (κ1) is 17.2. The van der Waals surface area contributed by atoms with Gasteiger partial charge in [-0.15, -0.1) is 0 Å². The average molecular weight is 357 g/mol. The highest BCUT2D eigenvalue weighted by atomic mass is 16.5. The molecule has 0 saturated heterocycles. The topological polar surface area (TPSA) is 87.1 Å². The van der Waals surface area contributed by atoms with E-state index < -0.39 is 23.1 Å². The zero-order valence-corrected chi connectivity index (χ0v) is 14.8. The van der Waals surface area contributed by atoms with E-state index in [0.717, 1.165) is 32.1 Å². The van der Waals surface area contributed by atoms with Crippen LogP contribution < -0.4 is 0 Å². The number of hydrogen-bond acceptors (Lipinski definition) is 6. The lowest BCUT2D eigenvalue weighted by Gasteiger charge is -2.44. The minimum atomic E-state index is -2.35. The third-order valence-corrected chi connectivity index (χ3v) is 5.88. The summed E-state index contributed by atoms with van der Waals surface area (Å²) in [5.41, 5.74) is -3.93. The minimum absolute atomic E-state index is 0.0499. The van der Waals surface area contributed by atoms with Crippen molar-refractivity contribution in [3.63, 3.8) is 0 Å². The second-order valence-corrected chi connectivity index (χ2v) is 7.22. The number of ketones is 1. The van der Waals surface area contributed by atoms with Gasteiger partial charge < -0.3 is 19.8 Å². The van der Waals surface area contributed by atoms with Crippen LogP contribution >= 0.6 is 0 Å². The van der Waals surface area contributed by atoms with Crippen LogP contribution in [0.1, 0.15) is 54.9 Å². The third kappa shape index (κ3) is 2.00. The second kappa shape index (κ2) is 5.93. The lowest BCUT2D eigenvalue weighted by atomic mass is 9.84. The first-order chi connectivity index (χ1) is 12.5. The Morgan fingerprint density at radius 1 is 1.23 bits per heavy atom. The molecule has 0 unspecified atom stereocenters.